The van der Waals surface area contributed by atoms with Crippen LogP contribution in [0.1, 0.15) is 52.4 Å². The molecule has 16 heavy (non-hydrogen) atoms. The van der Waals surface area contributed by atoms with Crippen LogP contribution in [0.4, 0.5) is 0 Å². The molecule has 0 aliphatic carbocycles. The van der Waals surface area contributed by atoms with E-state index in [0.717, 1.165) is 12.1 Å². The van der Waals surface area contributed by atoms with Crippen LogP contribution in [0.25, 0.3) is 0 Å². The highest BCUT2D eigenvalue weighted by Gasteiger charge is 2.34. The SMILES string of the molecule is CC[C@H]1CCCC[NH+]1C1CC[NH+](CC)CC1. The number of quaternary nitrogens is 2. The van der Waals surface area contributed by atoms with Gasteiger partial charge in [-0.2, -0.15) is 0 Å². The van der Waals surface area contributed by atoms with Crippen LogP contribution in [0.3, 0.4) is 0 Å². The van der Waals surface area contributed by atoms with E-state index in [2.05, 4.69) is 13.8 Å². The number of piperidine rings is 2. The van der Waals surface area contributed by atoms with Gasteiger partial charge in [0, 0.05) is 12.8 Å². The molecule has 94 valence electrons. The third-order valence-corrected chi connectivity index (χ3v) is 5.00. The predicted molar refractivity (Wildman–Crippen MR) is 68.0 cm³/mol. The third kappa shape index (κ3) is 2.78. The van der Waals surface area contributed by atoms with Gasteiger partial charge < -0.3 is 9.80 Å². The topological polar surface area (TPSA) is 8.88 Å². The molecule has 0 spiro atoms. The van der Waals surface area contributed by atoms with E-state index < -0.39 is 0 Å². The summed E-state index contributed by atoms with van der Waals surface area (Å²) < 4.78 is 0. The maximum Gasteiger partial charge on any atom is 0.0985 e. The maximum absolute atomic E-state index is 2.39. The fraction of sp³-hybridized carbons (Fsp3) is 1.00. The zero-order chi connectivity index (χ0) is 11.4. The summed E-state index contributed by atoms with van der Waals surface area (Å²) in [6.45, 7) is 10.4. The molecule has 2 saturated heterocycles. The summed E-state index contributed by atoms with van der Waals surface area (Å²) in [5.74, 6) is 0. The first-order valence-electron chi connectivity index (χ1n) is 7.54. The summed E-state index contributed by atoms with van der Waals surface area (Å²) in [7, 11) is 0. The van der Waals surface area contributed by atoms with Crippen LogP contribution in [0.5, 0.6) is 0 Å². The van der Waals surface area contributed by atoms with Crippen molar-refractivity contribution in [1.82, 2.24) is 0 Å². The summed E-state index contributed by atoms with van der Waals surface area (Å²) in [6, 6.07) is 1.99. The Kier molecular flexibility index (Phi) is 4.66. The lowest BCUT2D eigenvalue weighted by molar-refractivity contribution is -0.976. The fourth-order valence-electron chi connectivity index (χ4n) is 3.86. The average Bonchev–Trinajstić information content (AvgIpc) is 2.39. The molecule has 0 bridgehead atoms. The number of rotatable bonds is 3. The van der Waals surface area contributed by atoms with E-state index in [4.69, 9.17) is 0 Å². The van der Waals surface area contributed by atoms with Crippen molar-refractivity contribution in [3.05, 3.63) is 0 Å². The van der Waals surface area contributed by atoms with Gasteiger partial charge in [-0.15, -0.1) is 0 Å². The van der Waals surface area contributed by atoms with Crippen molar-refractivity contribution in [3.63, 3.8) is 0 Å². The second-order valence-corrected chi connectivity index (χ2v) is 5.80. The maximum atomic E-state index is 2.39. The van der Waals surface area contributed by atoms with Crippen LogP contribution in [0.2, 0.25) is 0 Å². The molecule has 2 heteroatoms. The van der Waals surface area contributed by atoms with E-state index in [-0.39, 0.29) is 0 Å². The van der Waals surface area contributed by atoms with E-state index in [9.17, 15) is 0 Å². The minimum absolute atomic E-state index is 0.988. The van der Waals surface area contributed by atoms with Crippen LogP contribution in [0.15, 0.2) is 0 Å². The van der Waals surface area contributed by atoms with Gasteiger partial charge in [-0.1, -0.05) is 6.92 Å². The molecular formula is C14H30N2+2. The van der Waals surface area contributed by atoms with Gasteiger partial charge in [0.15, 0.2) is 0 Å². The van der Waals surface area contributed by atoms with Crippen LogP contribution in [-0.2, 0) is 0 Å². The van der Waals surface area contributed by atoms with Gasteiger partial charge in [0.05, 0.1) is 38.3 Å². The molecule has 2 nitrogen and oxygen atoms in total. The lowest BCUT2D eigenvalue weighted by atomic mass is 9.94. The van der Waals surface area contributed by atoms with Crippen LogP contribution in [0, 0.1) is 0 Å². The van der Waals surface area contributed by atoms with Gasteiger partial charge in [0.25, 0.3) is 0 Å². The summed E-state index contributed by atoms with van der Waals surface area (Å²) in [4.78, 5) is 3.81. The van der Waals surface area contributed by atoms with Crippen molar-refractivity contribution >= 4 is 0 Å². The van der Waals surface area contributed by atoms with E-state index in [0.29, 0.717) is 0 Å². The third-order valence-electron chi connectivity index (χ3n) is 5.00. The van der Waals surface area contributed by atoms with E-state index in [1.807, 2.05) is 9.80 Å². The Bertz CT molecular complexity index is 197. The molecule has 2 atom stereocenters. The second-order valence-electron chi connectivity index (χ2n) is 5.80. The Labute approximate surface area is 101 Å². The molecule has 0 aromatic heterocycles. The first kappa shape index (κ1) is 12.4. The van der Waals surface area contributed by atoms with Crippen LogP contribution < -0.4 is 9.80 Å². The lowest BCUT2D eigenvalue weighted by Gasteiger charge is -2.40. The van der Waals surface area contributed by atoms with Gasteiger partial charge >= 0.3 is 0 Å². The van der Waals surface area contributed by atoms with Gasteiger partial charge in [0.1, 0.15) is 0 Å². The predicted octanol–water partition coefficient (Wildman–Crippen LogP) is -0.0990. The normalized spacial score (nSPS) is 40.9. The number of hydrogen-bond donors (Lipinski definition) is 2. The van der Waals surface area contributed by atoms with E-state index in [1.165, 1.54) is 64.7 Å². The van der Waals surface area contributed by atoms with Crippen LogP contribution >= 0.6 is 0 Å². The molecule has 2 heterocycles. The quantitative estimate of drug-likeness (QED) is 0.665. The van der Waals surface area contributed by atoms with Gasteiger partial charge in [-0.3, -0.25) is 0 Å². The Balaban J connectivity index is 1.86. The molecule has 2 rings (SSSR count). The minimum atomic E-state index is 0.988. The van der Waals surface area contributed by atoms with Crippen molar-refractivity contribution in [2.24, 2.45) is 0 Å². The molecule has 2 fully saturated rings. The first-order chi connectivity index (χ1) is 7.85. The molecule has 2 aliphatic heterocycles. The molecule has 1 unspecified atom stereocenters. The number of likely N-dealkylation sites (tertiary alicyclic amines) is 2. The molecule has 0 aromatic carbocycles. The number of nitrogens with one attached hydrogen (secondary N) is 2. The monoisotopic (exact) mass is 226 g/mol. The summed E-state index contributed by atoms with van der Waals surface area (Å²) >= 11 is 0. The molecular weight excluding hydrogens is 196 g/mol. The summed E-state index contributed by atoms with van der Waals surface area (Å²) in [6.07, 6.45) is 8.82. The smallest absolute Gasteiger partial charge is 0.0985 e. The standard InChI is InChI=1S/C14H28N2/c1-3-13-7-5-6-10-16(13)14-8-11-15(4-2)12-9-14/h13-14H,3-12H2,1-2H3/p+2/t13-/m0/s1. The van der Waals surface area contributed by atoms with Gasteiger partial charge in [-0.05, 0) is 32.6 Å². The highest BCUT2D eigenvalue weighted by Crippen LogP contribution is 2.09. The largest absolute Gasteiger partial charge is 0.335 e. The average molecular weight is 226 g/mol. The summed E-state index contributed by atoms with van der Waals surface area (Å²) in [5, 5.41) is 0. The van der Waals surface area contributed by atoms with Crippen molar-refractivity contribution in [2.45, 2.75) is 64.5 Å². The van der Waals surface area contributed by atoms with Gasteiger partial charge in [-0.25, -0.2) is 0 Å². The minimum Gasteiger partial charge on any atom is -0.335 e. The molecule has 2 aliphatic rings. The first-order valence-corrected chi connectivity index (χ1v) is 7.54. The van der Waals surface area contributed by atoms with Crippen molar-refractivity contribution < 1.29 is 9.80 Å². The molecule has 2 N–H and O–H groups in total. The highest BCUT2D eigenvalue weighted by molar-refractivity contribution is 4.66. The Morgan fingerprint density at radius 2 is 1.69 bits per heavy atom. The zero-order valence-corrected chi connectivity index (χ0v) is 11.2. The van der Waals surface area contributed by atoms with Gasteiger partial charge in [0.2, 0.25) is 0 Å². The molecule has 0 saturated carbocycles. The molecule has 0 amide bonds. The van der Waals surface area contributed by atoms with Crippen LogP contribution in [-0.4, -0.2) is 38.3 Å². The highest BCUT2D eigenvalue weighted by atomic mass is 15.2. The van der Waals surface area contributed by atoms with E-state index >= 15 is 0 Å². The zero-order valence-electron chi connectivity index (χ0n) is 11.2. The molecule has 0 aromatic rings. The number of hydrogen-bond acceptors (Lipinski definition) is 0. The molecule has 0 radical (unpaired) electrons. The second kappa shape index (κ2) is 6.02. The fourth-order valence-corrected chi connectivity index (χ4v) is 3.86. The Morgan fingerprint density at radius 1 is 0.938 bits per heavy atom. The van der Waals surface area contributed by atoms with Crippen molar-refractivity contribution in [1.29, 1.82) is 0 Å². The Morgan fingerprint density at radius 3 is 2.31 bits per heavy atom. The van der Waals surface area contributed by atoms with Crippen molar-refractivity contribution in [2.75, 3.05) is 26.2 Å². The lowest BCUT2D eigenvalue weighted by Crippen LogP contribution is -3.23. The Hall–Kier alpha value is -0.0800. The summed E-state index contributed by atoms with van der Waals surface area (Å²) in [5.41, 5.74) is 0. The van der Waals surface area contributed by atoms with Crippen molar-refractivity contribution in [3.8, 4) is 0 Å². The van der Waals surface area contributed by atoms with E-state index in [1.54, 1.807) is 0 Å².